The van der Waals surface area contributed by atoms with Crippen molar-refractivity contribution in [3.8, 4) is 0 Å². The first kappa shape index (κ1) is 16.2. The van der Waals surface area contributed by atoms with E-state index >= 15 is 0 Å². The van der Waals surface area contributed by atoms with Crippen LogP contribution in [0, 0.1) is 6.92 Å². The molecule has 3 aromatic rings. The molecule has 3 rings (SSSR count). The first-order chi connectivity index (χ1) is 11.5. The average molecular weight is 322 g/mol. The molecular formula is C20H22N2O2. The fourth-order valence-corrected chi connectivity index (χ4v) is 2.81. The van der Waals surface area contributed by atoms with Gasteiger partial charge in [0.15, 0.2) is 11.5 Å². The van der Waals surface area contributed by atoms with Crippen LogP contribution in [0.2, 0.25) is 0 Å². The second-order valence-electron chi connectivity index (χ2n) is 6.31. The number of fused-ring (bicyclic) bond motifs is 1. The molecule has 0 unspecified atom stereocenters. The summed E-state index contributed by atoms with van der Waals surface area (Å²) in [5, 5.41) is 0. The maximum atomic E-state index is 12.8. The molecule has 0 saturated carbocycles. The van der Waals surface area contributed by atoms with Gasteiger partial charge in [0.05, 0.1) is 6.42 Å². The second-order valence-corrected chi connectivity index (χ2v) is 6.31. The number of amides is 1. The summed E-state index contributed by atoms with van der Waals surface area (Å²) < 4.78 is 5.56. The molecular weight excluding hydrogens is 300 g/mol. The zero-order chi connectivity index (χ0) is 17.1. The second kappa shape index (κ2) is 6.87. The number of aryl methyl sites for hydroxylation is 1. The average Bonchev–Trinajstić information content (AvgIpc) is 2.92. The predicted molar refractivity (Wildman–Crippen MR) is 94.6 cm³/mol. The first-order valence-electron chi connectivity index (χ1n) is 8.22. The van der Waals surface area contributed by atoms with E-state index in [4.69, 9.17) is 4.42 Å². The molecule has 4 heteroatoms. The molecule has 0 bridgehead atoms. The van der Waals surface area contributed by atoms with Gasteiger partial charge in [0, 0.05) is 19.5 Å². The number of carbonyl (C=O) groups excluding carboxylic acids is 1. The largest absolute Gasteiger partial charge is 0.441 e. The van der Waals surface area contributed by atoms with Gasteiger partial charge in [-0.1, -0.05) is 36.4 Å². The zero-order valence-corrected chi connectivity index (χ0v) is 14.3. The minimum atomic E-state index is 0.115. The number of carbonyl (C=O) groups is 1. The highest BCUT2D eigenvalue weighted by Gasteiger charge is 2.18. The standard InChI is InChI=1S/C20H22N2O2/c1-14(2)22(13-16-7-5-4-6-8-16)20(23)12-17-9-10-18-19(11-17)24-15(3)21-18/h4-11,14H,12-13H2,1-3H3. The van der Waals surface area contributed by atoms with Gasteiger partial charge in [0.2, 0.25) is 5.91 Å². The summed E-state index contributed by atoms with van der Waals surface area (Å²) in [5.74, 6) is 0.755. The molecule has 0 N–H and O–H groups in total. The number of oxazole rings is 1. The molecule has 0 atom stereocenters. The maximum Gasteiger partial charge on any atom is 0.227 e. The maximum absolute atomic E-state index is 12.8. The number of hydrogen-bond donors (Lipinski definition) is 0. The molecule has 0 aliphatic carbocycles. The third-order valence-electron chi connectivity index (χ3n) is 4.05. The lowest BCUT2D eigenvalue weighted by Crippen LogP contribution is -2.37. The van der Waals surface area contributed by atoms with Crippen LogP contribution in [0.5, 0.6) is 0 Å². The summed E-state index contributed by atoms with van der Waals surface area (Å²) in [6.45, 7) is 6.54. The van der Waals surface area contributed by atoms with Crippen molar-refractivity contribution in [1.29, 1.82) is 0 Å². The Morgan fingerprint density at radius 2 is 1.88 bits per heavy atom. The van der Waals surface area contributed by atoms with Gasteiger partial charge in [-0.15, -0.1) is 0 Å². The van der Waals surface area contributed by atoms with Crippen molar-refractivity contribution in [3.05, 3.63) is 65.5 Å². The number of benzene rings is 2. The van der Waals surface area contributed by atoms with Crippen LogP contribution < -0.4 is 0 Å². The van der Waals surface area contributed by atoms with Gasteiger partial charge in [-0.25, -0.2) is 4.98 Å². The molecule has 4 nitrogen and oxygen atoms in total. The van der Waals surface area contributed by atoms with Crippen molar-refractivity contribution in [3.63, 3.8) is 0 Å². The van der Waals surface area contributed by atoms with Gasteiger partial charge in [0.1, 0.15) is 5.52 Å². The highest BCUT2D eigenvalue weighted by Crippen LogP contribution is 2.18. The fourth-order valence-electron chi connectivity index (χ4n) is 2.81. The number of rotatable bonds is 5. The number of hydrogen-bond acceptors (Lipinski definition) is 3. The van der Waals surface area contributed by atoms with Crippen LogP contribution in [0.1, 0.15) is 30.9 Å². The van der Waals surface area contributed by atoms with E-state index in [0.717, 1.165) is 22.2 Å². The van der Waals surface area contributed by atoms with Crippen molar-refractivity contribution < 1.29 is 9.21 Å². The summed E-state index contributed by atoms with van der Waals surface area (Å²) in [4.78, 5) is 19.0. The van der Waals surface area contributed by atoms with Crippen LogP contribution in [-0.4, -0.2) is 21.8 Å². The van der Waals surface area contributed by atoms with Crippen LogP contribution in [0.4, 0.5) is 0 Å². The van der Waals surface area contributed by atoms with E-state index in [1.54, 1.807) is 0 Å². The lowest BCUT2D eigenvalue weighted by Gasteiger charge is -2.27. The minimum Gasteiger partial charge on any atom is -0.441 e. The Balaban J connectivity index is 1.76. The highest BCUT2D eigenvalue weighted by atomic mass is 16.3. The van der Waals surface area contributed by atoms with Crippen molar-refractivity contribution >= 4 is 17.0 Å². The monoisotopic (exact) mass is 322 g/mol. The van der Waals surface area contributed by atoms with Crippen LogP contribution in [0.25, 0.3) is 11.1 Å². The normalized spacial score (nSPS) is 11.2. The van der Waals surface area contributed by atoms with Gasteiger partial charge < -0.3 is 9.32 Å². The molecule has 1 aromatic heterocycles. The van der Waals surface area contributed by atoms with E-state index in [1.165, 1.54) is 0 Å². The number of aromatic nitrogens is 1. The molecule has 124 valence electrons. The van der Waals surface area contributed by atoms with Gasteiger partial charge in [-0.3, -0.25) is 4.79 Å². The molecule has 0 spiro atoms. The molecule has 0 fully saturated rings. The van der Waals surface area contributed by atoms with Crippen LogP contribution in [0.15, 0.2) is 52.9 Å². The van der Waals surface area contributed by atoms with E-state index in [9.17, 15) is 4.79 Å². The molecule has 0 aliphatic heterocycles. The summed E-state index contributed by atoms with van der Waals surface area (Å²) in [6.07, 6.45) is 0.362. The van der Waals surface area contributed by atoms with Crippen molar-refractivity contribution in [2.24, 2.45) is 0 Å². The van der Waals surface area contributed by atoms with Crippen molar-refractivity contribution in [2.45, 2.75) is 39.8 Å². The summed E-state index contributed by atoms with van der Waals surface area (Å²) in [7, 11) is 0. The Hall–Kier alpha value is -2.62. The van der Waals surface area contributed by atoms with E-state index in [-0.39, 0.29) is 11.9 Å². The van der Waals surface area contributed by atoms with Crippen LogP contribution >= 0.6 is 0 Å². The first-order valence-corrected chi connectivity index (χ1v) is 8.22. The SMILES string of the molecule is Cc1nc2ccc(CC(=O)N(Cc3ccccc3)C(C)C)cc2o1. The molecule has 1 heterocycles. The Kier molecular flexibility index (Phi) is 4.65. The lowest BCUT2D eigenvalue weighted by atomic mass is 10.1. The van der Waals surface area contributed by atoms with Gasteiger partial charge >= 0.3 is 0 Å². The Morgan fingerprint density at radius 3 is 2.58 bits per heavy atom. The Morgan fingerprint density at radius 1 is 1.12 bits per heavy atom. The molecule has 0 saturated heterocycles. The third kappa shape index (κ3) is 3.65. The summed E-state index contributed by atoms with van der Waals surface area (Å²) >= 11 is 0. The molecule has 0 radical (unpaired) electrons. The van der Waals surface area contributed by atoms with E-state index in [1.807, 2.05) is 74.2 Å². The lowest BCUT2D eigenvalue weighted by molar-refractivity contribution is -0.132. The predicted octanol–water partition coefficient (Wildman–Crippen LogP) is 4.12. The highest BCUT2D eigenvalue weighted by molar-refractivity contribution is 5.81. The van der Waals surface area contributed by atoms with Gasteiger partial charge in [0.25, 0.3) is 0 Å². The van der Waals surface area contributed by atoms with Crippen LogP contribution in [0.3, 0.4) is 0 Å². The molecule has 1 amide bonds. The van der Waals surface area contributed by atoms with Crippen molar-refractivity contribution in [2.75, 3.05) is 0 Å². The van der Waals surface area contributed by atoms with E-state index in [2.05, 4.69) is 4.98 Å². The summed E-state index contributed by atoms with van der Waals surface area (Å²) in [5.41, 5.74) is 3.65. The molecule has 24 heavy (non-hydrogen) atoms. The van der Waals surface area contributed by atoms with E-state index < -0.39 is 0 Å². The topological polar surface area (TPSA) is 46.3 Å². The third-order valence-corrected chi connectivity index (χ3v) is 4.05. The molecule has 0 aliphatic rings. The smallest absolute Gasteiger partial charge is 0.227 e. The van der Waals surface area contributed by atoms with Crippen LogP contribution in [-0.2, 0) is 17.8 Å². The Bertz CT molecular complexity index is 837. The van der Waals surface area contributed by atoms with Gasteiger partial charge in [-0.05, 0) is 37.1 Å². The van der Waals surface area contributed by atoms with Crippen molar-refractivity contribution in [1.82, 2.24) is 9.88 Å². The van der Waals surface area contributed by atoms with E-state index in [0.29, 0.717) is 18.9 Å². The fraction of sp³-hybridized carbons (Fsp3) is 0.300. The molecule has 2 aromatic carbocycles. The Labute approximate surface area is 142 Å². The quantitative estimate of drug-likeness (QED) is 0.710. The summed E-state index contributed by atoms with van der Waals surface area (Å²) in [6, 6.07) is 16.0. The minimum absolute atomic E-state index is 0.115. The zero-order valence-electron chi connectivity index (χ0n) is 14.3. The number of nitrogens with zero attached hydrogens (tertiary/aromatic N) is 2. The van der Waals surface area contributed by atoms with Gasteiger partial charge in [-0.2, -0.15) is 0 Å².